The molecule has 0 aromatic carbocycles. The van der Waals surface area contributed by atoms with Crippen LogP contribution in [0.15, 0.2) is 0 Å². The largest absolute Gasteiger partial charge is 0.480 e. The van der Waals surface area contributed by atoms with Crippen LogP contribution in [0.4, 0.5) is 4.79 Å². The first-order chi connectivity index (χ1) is 8.15. The molecule has 5 nitrogen and oxygen atoms in total. The quantitative estimate of drug-likeness (QED) is 0.701. The number of aliphatic carboxylic acids is 1. The molecule has 2 N–H and O–H groups in total. The van der Waals surface area contributed by atoms with Gasteiger partial charge in [-0.25, -0.2) is 9.59 Å². The van der Waals surface area contributed by atoms with Crippen molar-refractivity contribution in [2.45, 2.75) is 51.5 Å². The zero-order valence-corrected chi connectivity index (χ0v) is 10.3. The van der Waals surface area contributed by atoms with Crippen LogP contribution in [-0.2, 0) is 9.53 Å². The van der Waals surface area contributed by atoms with Gasteiger partial charge in [0.15, 0.2) is 0 Å². The Morgan fingerprint density at radius 1 is 1.41 bits per heavy atom. The Bertz CT molecular complexity index is 261. The Kier molecular flexibility index (Phi) is 5.80. The molecule has 1 atom stereocenters. The molecular formula is C12H21NO4. The number of unbranched alkanes of at least 4 members (excludes halogenated alkanes) is 1. The predicted molar refractivity (Wildman–Crippen MR) is 62.8 cm³/mol. The second-order valence-electron chi connectivity index (χ2n) is 4.49. The first-order valence-corrected chi connectivity index (χ1v) is 6.31. The van der Waals surface area contributed by atoms with E-state index in [4.69, 9.17) is 9.84 Å². The maximum Gasteiger partial charge on any atom is 0.407 e. The molecule has 0 aliphatic heterocycles. The van der Waals surface area contributed by atoms with Gasteiger partial charge in [-0.05, 0) is 25.2 Å². The topological polar surface area (TPSA) is 75.6 Å². The Morgan fingerprint density at radius 2 is 2.06 bits per heavy atom. The third kappa shape index (κ3) is 4.63. The van der Waals surface area contributed by atoms with Gasteiger partial charge in [-0.2, -0.15) is 0 Å². The molecule has 0 bridgehead atoms. The highest BCUT2D eigenvalue weighted by atomic mass is 16.5. The van der Waals surface area contributed by atoms with Gasteiger partial charge in [0, 0.05) is 0 Å². The fraction of sp³-hybridized carbons (Fsp3) is 0.833. The van der Waals surface area contributed by atoms with Crippen molar-refractivity contribution < 1.29 is 19.4 Å². The van der Waals surface area contributed by atoms with Crippen LogP contribution < -0.4 is 5.32 Å². The van der Waals surface area contributed by atoms with Crippen LogP contribution in [-0.4, -0.2) is 29.8 Å². The summed E-state index contributed by atoms with van der Waals surface area (Å²) in [6.07, 6.45) is 4.95. The number of alkyl carbamates (subject to hydrolysis) is 1. The first kappa shape index (κ1) is 13.8. The zero-order chi connectivity index (χ0) is 12.7. The van der Waals surface area contributed by atoms with E-state index in [-0.39, 0.29) is 5.92 Å². The van der Waals surface area contributed by atoms with Crippen LogP contribution in [0.5, 0.6) is 0 Å². The summed E-state index contributed by atoms with van der Waals surface area (Å²) in [6, 6.07) is -0.799. The van der Waals surface area contributed by atoms with E-state index < -0.39 is 18.1 Å². The van der Waals surface area contributed by atoms with Crippen molar-refractivity contribution in [2.75, 3.05) is 6.61 Å². The molecule has 0 spiro atoms. The van der Waals surface area contributed by atoms with Crippen molar-refractivity contribution in [2.24, 2.45) is 5.92 Å². The van der Waals surface area contributed by atoms with E-state index in [0.29, 0.717) is 6.61 Å². The SMILES string of the molecule is CCCCOC(=O)NC(C(=O)O)C1CCCC1. The molecule has 1 aliphatic carbocycles. The number of amides is 1. The third-order valence-electron chi connectivity index (χ3n) is 3.14. The molecule has 1 aliphatic rings. The normalized spacial score (nSPS) is 17.7. The summed E-state index contributed by atoms with van der Waals surface area (Å²) < 4.78 is 4.91. The van der Waals surface area contributed by atoms with Crippen molar-refractivity contribution >= 4 is 12.1 Å². The molecule has 0 aromatic heterocycles. The molecule has 1 saturated carbocycles. The van der Waals surface area contributed by atoms with Gasteiger partial charge in [-0.1, -0.05) is 26.2 Å². The van der Waals surface area contributed by atoms with Crippen LogP contribution in [0.3, 0.4) is 0 Å². The van der Waals surface area contributed by atoms with E-state index in [1.807, 2.05) is 6.92 Å². The number of carboxylic acids is 1. The van der Waals surface area contributed by atoms with Crippen LogP contribution >= 0.6 is 0 Å². The van der Waals surface area contributed by atoms with Crippen molar-refractivity contribution in [3.05, 3.63) is 0 Å². The molecule has 0 saturated heterocycles. The summed E-state index contributed by atoms with van der Waals surface area (Å²) >= 11 is 0. The molecule has 0 radical (unpaired) electrons. The average Bonchev–Trinajstić information content (AvgIpc) is 2.79. The molecule has 1 fully saturated rings. The summed E-state index contributed by atoms with van der Waals surface area (Å²) in [5, 5.41) is 11.5. The number of hydrogen-bond acceptors (Lipinski definition) is 3. The lowest BCUT2D eigenvalue weighted by molar-refractivity contribution is -0.140. The summed E-state index contributed by atoms with van der Waals surface area (Å²) in [4.78, 5) is 22.5. The number of rotatable bonds is 6. The van der Waals surface area contributed by atoms with E-state index in [2.05, 4.69) is 5.32 Å². The molecule has 98 valence electrons. The fourth-order valence-corrected chi connectivity index (χ4v) is 2.15. The van der Waals surface area contributed by atoms with E-state index in [0.717, 1.165) is 38.5 Å². The lowest BCUT2D eigenvalue weighted by Crippen LogP contribution is -2.45. The molecular weight excluding hydrogens is 222 g/mol. The number of nitrogens with one attached hydrogen (secondary N) is 1. The van der Waals surface area contributed by atoms with Crippen molar-refractivity contribution in [1.82, 2.24) is 5.32 Å². The molecule has 1 unspecified atom stereocenters. The average molecular weight is 243 g/mol. The van der Waals surface area contributed by atoms with Gasteiger partial charge in [0.25, 0.3) is 0 Å². The second-order valence-corrected chi connectivity index (χ2v) is 4.49. The van der Waals surface area contributed by atoms with Gasteiger partial charge in [0.1, 0.15) is 6.04 Å². The van der Waals surface area contributed by atoms with Gasteiger partial charge in [0.2, 0.25) is 0 Å². The highest BCUT2D eigenvalue weighted by Crippen LogP contribution is 2.27. The number of carboxylic acid groups (broad SMARTS) is 1. The number of carbonyl (C=O) groups is 2. The maximum absolute atomic E-state index is 11.4. The minimum atomic E-state index is -0.968. The minimum Gasteiger partial charge on any atom is -0.480 e. The maximum atomic E-state index is 11.4. The summed E-state index contributed by atoms with van der Waals surface area (Å²) in [5.74, 6) is -0.921. The summed E-state index contributed by atoms with van der Waals surface area (Å²) in [5.41, 5.74) is 0. The van der Waals surface area contributed by atoms with Crippen molar-refractivity contribution in [3.8, 4) is 0 Å². The van der Waals surface area contributed by atoms with Crippen LogP contribution in [0.2, 0.25) is 0 Å². The van der Waals surface area contributed by atoms with Gasteiger partial charge in [-0.3, -0.25) is 0 Å². The molecule has 17 heavy (non-hydrogen) atoms. The highest BCUT2D eigenvalue weighted by molar-refractivity contribution is 5.80. The molecule has 0 heterocycles. The standard InChI is InChI=1S/C12H21NO4/c1-2-3-8-17-12(16)13-10(11(14)15)9-6-4-5-7-9/h9-10H,2-8H2,1H3,(H,13,16)(H,14,15). The van der Waals surface area contributed by atoms with Gasteiger partial charge in [-0.15, -0.1) is 0 Å². The number of carbonyl (C=O) groups excluding carboxylic acids is 1. The molecule has 1 amide bonds. The first-order valence-electron chi connectivity index (χ1n) is 6.31. The lowest BCUT2D eigenvalue weighted by Gasteiger charge is -2.20. The van der Waals surface area contributed by atoms with E-state index in [1.54, 1.807) is 0 Å². The van der Waals surface area contributed by atoms with Gasteiger partial charge in [0.05, 0.1) is 6.61 Å². The summed E-state index contributed by atoms with van der Waals surface area (Å²) in [6.45, 7) is 2.35. The lowest BCUT2D eigenvalue weighted by atomic mass is 9.98. The van der Waals surface area contributed by atoms with E-state index in [1.165, 1.54) is 0 Å². The smallest absolute Gasteiger partial charge is 0.407 e. The van der Waals surface area contributed by atoms with Crippen LogP contribution in [0.25, 0.3) is 0 Å². The number of ether oxygens (including phenoxy) is 1. The Morgan fingerprint density at radius 3 is 2.59 bits per heavy atom. The zero-order valence-electron chi connectivity index (χ0n) is 10.3. The summed E-state index contributed by atoms with van der Waals surface area (Å²) in [7, 11) is 0. The number of hydrogen-bond donors (Lipinski definition) is 2. The Hall–Kier alpha value is -1.26. The van der Waals surface area contributed by atoms with Crippen molar-refractivity contribution in [3.63, 3.8) is 0 Å². The van der Waals surface area contributed by atoms with Crippen LogP contribution in [0, 0.1) is 5.92 Å². The van der Waals surface area contributed by atoms with Crippen molar-refractivity contribution in [1.29, 1.82) is 0 Å². The molecule has 0 aromatic rings. The highest BCUT2D eigenvalue weighted by Gasteiger charge is 2.32. The predicted octanol–water partition coefficient (Wildman–Crippen LogP) is 2.16. The monoisotopic (exact) mass is 243 g/mol. The minimum absolute atomic E-state index is 0.0474. The van der Waals surface area contributed by atoms with Crippen LogP contribution in [0.1, 0.15) is 45.4 Å². The molecule has 1 rings (SSSR count). The van der Waals surface area contributed by atoms with E-state index in [9.17, 15) is 9.59 Å². The van der Waals surface area contributed by atoms with E-state index >= 15 is 0 Å². The third-order valence-corrected chi connectivity index (χ3v) is 3.14. The Labute approximate surface area is 102 Å². The second kappa shape index (κ2) is 7.14. The Balaban J connectivity index is 2.37. The fourth-order valence-electron chi connectivity index (χ4n) is 2.15. The van der Waals surface area contributed by atoms with Gasteiger partial charge < -0.3 is 15.2 Å². The van der Waals surface area contributed by atoms with Gasteiger partial charge >= 0.3 is 12.1 Å². The molecule has 5 heteroatoms.